The molecule has 0 amide bonds. The van der Waals surface area contributed by atoms with Gasteiger partial charge in [0.15, 0.2) is 11.5 Å². The smallest absolute Gasteiger partial charge is 0.163 e. The molecule has 0 spiro atoms. The fourth-order valence-corrected chi connectivity index (χ4v) is 2.89. The van der Waals surface area contributed by atoms with Crippen LogP contribution in [0, 0.1) is 0 Å². The number of imidazole rings is 1. The minimum atomic E-state index is 0.611. The molecule has 1 saturated heterocycles. The van der Waals surface area contributed by atoms with E-state index in [9.17, 15) is 0 Å². The number of rotatable bonds is 2. The third-order valence-electron chi connectivity index (χ3n) is 3.87. The summed E-state index contributed by atoms with van der Waals surface area (Å²) in [6.07, 6.45) is 8.08. The van der Waals surface area contributed by atoms with E-state index in [0.717, 1.165) is 30.3 Å². The van der Waals surface area contributed by atoms with E-state index in [1.807, 2.05) is 17.1 Å². The molecule has 5 nitrogen and oxygen atoms in total. The van der Waals surface area contributed by atoms with Crippen molar-refractivity contribution in [3.05, 3.63) is 30.9 Å². The molecule has 5 heteroatoms. The largest absolute Gasteiger partial charge is 0.486 e. The van der Waals surface area contributed by atoms with Crippen molar-refractivity contribution in [3.8, 4) is 17.2 Å². The monoisotopic (exact) mass is 271 g/mol. The fourth-order valence-electron chi connectivity index (χ4n) is 2.89. The standard InChI is InChI=1S/C15H17N3O2/c1-2-5-17(4-1)12-9-14-15(20-8-7-19-14)10-13(12)18-6-3-16-11-18/h3,6,9-11H,1-2,4-5,7-8H2. The van der Waals surface area contributed by atoms with Crippen LogP contribution in [0.4, 0.5) is 5.69 Å². The lowest BCUT2D eigenvalue weighted by molar-refractivity contribution is 0.171. The minimum Gasteiger partial charge on any atom is -0.486 e. The average molecular weight is 271 g/mol. The number of ether oxygens (including phenoxy) is 2. The Hall–Kier alpha value is -2.17. The van der Waals surface area contributed by atoms with Crippen LogP contribution < -0.4 is 14.4 Å². The number of anilines is 1. The van der Waals surface area contributed by atoms with Crippen molar-refractivity contribution in [2.45, 2.75) is 12.8 Å². The van der Waals surface area contributed by atoms with Gasteiger partial charge in [0.2, 0.25) is 0 Å². The first kappa shape index (κ1) is 11.6. The first-order chi connectivity index (χ1) is 9.92. The zero-order valence-corrected chi connectivity index (χ0v) is 11.3. The van der Waals surface area contributed by atoms with E-state index in [4.69, 9.17) is 9.47 Å². The number of aromatic nitrogens is 2. The van der Waals surface area contributed by atoms with Gasteiger partial charge in [-0.1, -0.05) is 0 Å². The van der Waals surface area contributed by atoms with E-state index < -0.39 is 0 Å². The number of nitrogens with zero attached hydrogens (tertiary/aromatic N) is 3. The van der Waals surface area contributed by atoms with Crippen LogP contribution in [0.3, 0.4) is 0 Å². The maximum absolute atomic E-state index is 5.72. The molecule has 1 aromatic heterocycles. The molecule has 20 heavy (non-hydrogen) atoms. The van der Waals surface area contributed by atoms with Crippen molar-refractivity contribution in [3.63, 3.8) is 0 Å². The molecule has 0 unspecified atom stereocenters. The molecule has 1 aromatic carbocycles. The molecule has 2 aliphatic heterocycles. The number of hydrogen-bond donors (Lipinski definition) is 0. The van der Waals surface area contributed by atoms with Gasteiger partial charge in [-0.05, 0) is 12.8 Å². The van der Waals surface area contributed by atoms with Gasteiger partial charge in [0, 0.05) is 37.6 Å². The summed E-state index contributed by atoms with van der Waals surface area (Å²) in [6.45, 7) is 3.43. The van der Waals surface area contributed by atoms with Crippen LogP contribution in [0.5, 0.6) is 11.5 Å². The highest BCUT2D eigenvalue weighted by Crippen LogP contribution is 2.39. The second-order valence-corrected chi connectivity index (χ2v) is 5.15. The summed E-state index contributed by atoms with van der Waals surface area (Å²) < 4.78 is 13.5. The minimum absolute atomic E-state index is 0.611. The lowest BCUT2D eigenvalue weighted by Gasteiger charge is -2.26. The molecule has 0 radical (unpaired) electrons. The molecule has 0 saturated carbocycles. The van der Waals surface area contributed by atoms with Crippen molar-refractivity contribution < 1.29 is 9.47 Å². The summed E-state index contributed by atoms with van der Waals surface area (Å²) >= 11 is 0. The van der Waals surface area contributed by atoms with Gasteiger partial charge >= 0.3 is 0 Å². The highest BCUT2D eigenvalue weighted by Gasteiger charge is 2.22. The molecule has 3 heterocycles. The highest BCUT2D eigenvalue weighted by atomic mass is 16.6. The number of fused-ring (bicyclic) bond motifs is 1. The summed E-state index contributed by atoms with van der Waals surface area (Å²) in [5, 5.41) is 0. The van der Waals surface area contributed by atoms with Crippen LogP contribution in [0.15, 0.2) is 30.9 Å². The van der Waals surface area contributed by atoms with Gasteiger partial charge < -0.3 is 18.9 Å². The molecule has 104 valence electrons. The summed E-state index contributed by atoms with van der Waals surface area (Å²) in [5.74, 6) is 1.67. The zero-order chi connectivity index (χ0) is 13.4. The molecule has 2 aliphatic rings. The van der Waals surface area contributed by atoms with Crippen LogP contribution in [-0.4, -0.2) is 35.9 Å². The SMILES string of the molecule is c1cn(-c2cc3c(cc2N2CCCC2)OCCO3)cn1. The maximum atomic E-state index is 5.72. The Balaban J connectivity index is 1.85. The van der Waals surface area contributed by atoms with Crippen molar-refractivity contribution >= 4 is 5.69 Å². The Kier molecular flexibility index (Phi) is 2.76. The molecule has 0 aliphatic carbocycles. The lowest BCUT2D eigenvalue weighted by Crippen LogP contribution is -2.21. The first-order valence-electron chi connectivity index (χ1n) is 7.09. The van der Waals surface area contributed by atoms with Gasteiger partial charge in [0.05, 0.1) is 17.7 Å². The van der Waals surface area contributed by atoms with Crippen molar-refractivity contribution in [2.75, 3.05) is 31.2 Å². The molecular formula is C15H17N3O2. The third-order valence-corrected chi connectivity index (χ3v) is 3.87. The predicted octanol–water partition coefficient (Wildman–Crippen LogP) is 2.24. The highest BCUT2D eigenvalue weighted by molar-refractivity contribution is 5.70. The molecule has 1 fully saturated rings. The lowest BCUT2D eigenvalue weighted by atomic mass is 10.2. The van der Waals surface area contributed by atoms with E-state index in [1.165, 1.54) is 18.5 Å². The zero-order valence-electron chi connectivity index (χ0n) is 11.3. The first-order valence-corrected chi connectivity index (χ1v) is 7.09. The van der Waals surface area contributed by atoms with Crippen LogP contribution >= 0.6 is 0 Å². The molecule has 4 rings (SSSR count). The van der Waals surface area contributed by atoms with Crippen LogP contribution in [0.1, 0.15) is 12.8 Å². The van der Waals surface area contributed by atoms with Gasteiger partial charge in [-0.2, -0.15) is 0 Å². The topological polar surface area (TPSA) is 39.5 Å². The van der Waals surface area contributed by atoms with Crippen molar-refractivity contribution in [2.24, 2.45) is 0 Å². The maximum Gasteiger partial charge on any atom is 0.163 e. The summed E-state index contributed by atoms with van der Waals surface area (Å²) in [7, 11) is 0. The summed E-state index contributed by atoms with van der Waals surface area (Å²) in [5.41, 5.74) is 2.30. The van der Waals surface area contributed by atoms with E-state index >= 15 is 0 Å². The predicted molar refractivity (Wildman–Crippen MR) is 76.0 cm³/mol. The van der Waals surface area contributed by atoms with Gasteiger partial charge in [-0.3, -0.25) is 0 Å². The van der Waals surface area contributed by atoms with Gasteiger partial charge in [0.1, 0.15) is 13.2 Å². The quantitative estimate of drug-likeness (QED) is 0.840. The average Bonchev–Trinajstić information content (AvgIpc) is 3.19. The Morgan fingerprint density at radius 2 is 1.65 bits per heavy atom. The van der Waals surface area contributed by atoms with E-state index in [0.29, 0.717) is 13.2 Å². The Morgan fingerprint density at radius 3 is 2.30 bits per heavy atom. The number of hydrogen-bond acceptors (Lipinski definition) is 4. The van der Waals surface area contributed by atoms with Gasteiger partial charge in [-0.25, -0.2) is 4.98 Å². The Morgan fingerprint density at radius 1 is 0.950 bits per heavy atom. The van der Waals surface area contributed by atoms with Crippen LogP contribution in [-0.2, 0) is 0 Å². The summed E-state index contributed by atoms with van der Waals surface area (Å²) in [4.78, 5) is 6.56. The summed E-state index contributed by atoms with van der Waals surface area (Å²) in [6, 6.07) is 4.17. The van der Waals surface area contributed by atoms with Crippen molar-refractivity contribution in [1.29, 1.82) is 0 Å². The van der Waals surface area contributed by atoms with Gasteiger partial charge in [-0.15, -0.1) is 0 Å². The van der Waals surface area contributed by atoms with Crippen molar-refractivity contribution in [1.82, 2.24) is 9.55 Å². The fraction of sp³-hybridized carbons (Fsp3) is 0.400. The normalized spacial score (nSPS) is 17.5. The molecule has 2 aromatic rings. The Labute approximate surface area is 117 Å². The van der Waals surface area contributed by atoms with Gasteiger partial charge in [0.25, 0.3) is 0 Å². The number of benzene rings is 1. The second-order valence-electron chi connectivity index (χ2n) is 5.15. The molecule has 0 atom stereocenters. The second kappa shape index (κ2) is 4.74. The third kappa shape index (κ3) is 1.90. The molecular weight excluding hydrogens is 254 g/mol. The molecule has 0 bridgehead atoms. The van der Waals surface area contributed by atoms with E-state index in [2.05, 4.69) is 22.0 Å². The van der Waals surface area contributed by atoms with E-state index in [1.54, 1.807) is 6.20 Å². The van der Waals surface area contributed by atoms with E-state index in [-0.39, 0.29) is 0 Å². The Bertz CT molecular complexity index is 604. The molecule has 0 N–H and O–H groups in total. The van der Waals surface area contributed by atoms with Crippen LogP contribution in [0.25, 0.3) is 5.69 Å². The van der Waals surface area contributed by atoms with Crippen LogP contribution in [0.2, 0.25) is 0 Å².